The highest BCUT2D eigenvalue weighted by Crippen LogP contribution is 2.21. The summed E-state index contributed by atoms with van der Waals surface area (Å²) >= 11 is 0. The van der Waals surface area contributed by atoms with Gasteiger partial charge in [0, 0.05) is 37.9 Å². The number of carboxylic acid groups (broad SMARTS) is 1. The van der Waals surface area contributed by atoms with Crippen molar-refractivity contribution >= 4 is 22.2 Å². The van der Waals surface area contributed by atoms with Crippen molar-refractivity contribution in [3.63, 3.8) is 0 Å². The van der Waals surface area contributed by atoms with E-state index in [1.807, 2.05) is 41.2 Å². The fraction of sp³-hybridized carbons (Fsp3) is 0.235. The number of rotatable bonds is 7. The van der Waals surface area contributed by atoms with Crippen LogP contribution in [0.25, 0.3) is 5.69 Å². The van der Waals surface area contributed by atoms with Crippen molar-refractivity contribution in [2.45, 2.75) is 13.0 Å². The third-order valence-electron chi connectivity index (χ3n) is 3.62. The molecule has 144 valence electrons. The van der Waals surface area contributed by atoms with Crippen LogP contribution in [0.1, 0.15) is 6.42 Å². The highest BCUT2D eigenvalue weighted by Gasteiger charge is 2.17. The number of benzene rings is 1. The van der Waals surface area contributed by atoms with Gasteiger partial charge in [0.25, 0.3) is 6.47 Å². The Bertz CT molecular complexity index is 924. The lowest BCUT2D eigenvalue weighted by Crippen LogP contribution is -2.31. The van der Waals surface area contributed by atoms with E-state index in [1.54, 1.807) is 29.5 Å². The SMILES string of the molecule is CS(=O)(=O)N(CCCn1ccnc1)c1cccc(-n2cccn2)c1.O=CO. The molecular weight excluding hydrogens is 370 g/mol. The van der Waals surface area contributed by atoms with E-state index in [9.17, 15) is 8.42 Å². The van der Waals surface area contributed by atoms with Gasteiger partial charge in [-0.1, -0.05) is 6.07 Å². The minimum absolute atomic E-state index is 0.250. The molecule has 0 amide bonds. The highest BCUT2D eigenvalue weighted by molar-refractivity contribution is 7.92. The Morgan fingerprint density at radius 3 is 2.59 bits per heavy atom. The maximum absolute atomic E-state index is 12.2. The van der Waals surface area contributed by atoms with Crippen molar-refractivity contribution in [2.75, 3.05) is 17.1 Å². The molecule has 0 radical (unpaired) electrons. The predicted octanol–water partition coefficient (Wildman–Crippen LogP) is 1.63. The van der Waals surface area contributed by atoms with E-state index in [-0.39, 0.29) is 6.47 Å². The Balaban J connectivity index is 0.000000817. The lowest BCUT2D eigenvalue weighted by molar-refractivity contribution is -0.122. The molecule has 1 aromatic carbocycles. The zero-order valence-corrected chi connectivity index (χ0v) is 15.6. The van der Waals surface area contributed by atoms with Gasteiger partial charge in [-0.25, -0.2) is 18.1 Å². The average molecular weight is 391 g/mol. The highest BCUT2D eigenvalue weighted by atomic mass is 32.2. The van der Waals surface area contributed by atoms with Crippen molar-refractivity contribution in [1.29, 1.82) is 0 Å². The molecule has 10 heteroatoms. The van der Waals surface area contributed by atoms with Crippen LogP contribution in [0.4, 0.5) is 5.69 Å². The number of hydrogen-bond acceptors (Lipinski definition) is 5. The molecule has 2 heterocycles. The average Bonchev–Trinajstić information content (AvgIpc) is 3.32. The summed E-state index contributed by atoms with van der Waals surface area (Å²) in [5, 5.41) is 11.1. The molecule has 0 unspecified atom stereocenters. The van der Waals surface area contributed by atoms with Crippen molar-refractivity contribution in [1.82, 2.24) is 19.3 Å². The van der Waals surface area contributed by atoms with Crippen molar-refractivity contribution < 1.29 is 18.3 Å². The van der Waals surface area contributed by atoms with Crippen LogP contribution >= 0.6 is 0 Å². The van der Waals surface area contributed by atoms with Crippen LogP contribution in [0.3, 0.4) is 0 Å². The van der Waals surface area contributed by atoms with E-state index in [4.69, 9.17) is 9.90 Å². The first kappa shape index (κ1) is 20.2. The first-order valence-electron chi connectivity index (χ1n) is 8.07. The molecule has 1 N–H and O–H groups in total. The Morgan fingerprint density at radius 1 is 1.22 bits per heavy atom. The fourth-order valence-electron chi connectivity index (χ4n) is 2.51. The lowest BCUT2D eigenvalue weighted by atomic mass is 10.2. The van der Waals surface area contributed by atoms with Gasteiger partial charge in [0.15, 0.2) is 0 Å². The molecule has 27 heavy (non-hydrogen) atoms. The van der Waals surface area contributed by atoms with E-state index in [2.05, 4.69) is 10.1 Å². The van der Waals surface area contributed by atoms with Gasteiger partial charge in [-0.2, -0.15) is 5.10 Å². The molecule has 0 spiro atoms. The van der Waals surface area contributed by atoms with Gasteiger partial charge >= 0.3 is 0 Å². The van der Waals surface area contributed by atoms with Gasteiger partial charge in [-0.3, -0.25) is 9.10 Å². The van der Waals surface area contributed by atoms with Crippen LogP contribution in [-0.4, -0.2) is 52.1 Å². The van der Waals surface area contributed by atoms with Crippen molar-refractivity contribution in [3.8, 4) is 5.69 Å². The van der Waals surface area contributed by atoms with Gasteiger partial charge in [-0.05, 0) is 30.7 Å². The number of anilines is 1. The standard InChI is InChI=1S/C16H19N5O2S.CH2O2/c1-24(22,23)21(11-4-9-19-12-8-17-14-19)16-6-2-5-15(13-16)20-10-3-7-18-20;2-1-3/h2-3,5-8,10,12-14H,4,9,11H2,1H3;1H,(H,2,3). The summed E-state index contributed by atoms with van der Waals surface area (Å²) < 4.78 is 29.5. The molecule has 2 aromatic heterocycles. The summed E-state index contributed by atoms with van der Waals surface area (Å²) in [6.07, 6.45) is 10.7. The Kier molecular flexibility index (Phi) is 7.12. The molecule has 3 rings (SSSR count). The van der Waals surface area contributed by atoms with Gasteiger partial charge < -0.3 is 9.67 Å². The topological polar surface area (TPSA) is 110 Å². The van der Waals surface area contributed by atoms with Gasteiger partial charge in [0.05, 0.1) is 24.0 Å². The normalized spacial score (nSPS) is 10.7. The fourth-order valence-corrected chi connectivity index (χ4v) is 3.47. The molecule has 0 aliphatic heterocycles. The summed E-state index contributed by atoms with van der Waals surface area (Å²) in [6, 6.07) is 9.17. The second-order valence-corrected chi connectivity index (χ2v) is 7.47. The van der Waals surface area contributed by atoms with Gasteiger partial charge in [-0.15, -0.1) is 0 Å². The number of aryl methyl sites for hydroxylation is 1. The second-order valence-electron chi connectivity index (χ2n) is 5.57. The summed E-state index contributed by atoms with van der Waals surface area (Å²) in [7, 11) is -3.37. The third-order valence-corrected chi connectivity index (χ3v) is 4.82. The first-order chi connectivity index (χ1) is 13.0. The quantitative estimate of drug-likeness (QED) is 0.613. The van der Waals surface area contributed by atoms with E-state index >= 15 is 0 Å². The minimum Gasteiger partial charge on any atom is -0.483 e. The van der Waals surface area contributed by atoms with Crippen LogP contribution in [0.2, 0.25) is 0 Å². The number of imidazole rings is 1. The maximum Gasteiger partial charge on any atom is 0.290 e. The zero-order valence-electron chi connectivity index (χ0n) is 14.8. The number of carbonyl (C=O) groups is 1. The van der Waals surface area contributed by atoms with Gasteiger partial charge in [0.2, 0.25) is 10.0 Å². The maximum atomic E-state index is 12.2. The summed E-state index contributed by atoms with van der Waals surface area (Å²) in [5.41, 5.74) is 1.46. The minimum atomic E-state index is -3.37. The monoisotopic (exact) mass is 391 g/mol. The van der Waals surface area contributed by atoms with Crippen LogP contribution in [0.5, 0.6) is 0 Å². The number of sulfonamides is 1. The number of nitrogens with zero attached hydrogens (tertiary/aromatic N) is 5. The van der Waals surface area contributed by atoms with E-state index < -0.39 is 10.0 Å². The van der Waals surface area contributed by atoms with Crippen LogP contribution < -0.4 is 4.31 Å². The zero-order chi connectivity index (χ0) is 19.7. The molecule has 9 nitrogen and oxygen atoms in total. The summed E-state index contributed by atoms with van der Waals surface area (Å²) in [5.74, 6) is 0. The van der Waals surface area contributed by atoms with Crippen LogP contribution in [-0.2, 0) is 21.4 Å². The van der Waals surface area contributed by atoms with Crippen LogP contribution in [0.15, 0.2) is 61.4 Å². The smallest absolute Gasteiger partial charge is 0.290 e. The number of hydrogen-bond donors (Lipinski definition) is 1. The van der Waals surface area contributed by atoms with E-state index in [1.165, 1.54) is 10.6 Å². The summed E-state index contributed by atoms with van der Waals surface area (Å²) in [4.78, 5) is 12.3. The predicted molar refractivity (Wildman–Crippen MR) is 101 cm³/mol. The Morgan fingerprint density at radius 2 is 2.00 bits per heavy atom. The number of aromatic nitrogens is 4. The Labute approximate surface area is 157 Å². The summed E-state index contributed by atoms with van der Waals surface area (Å²) in [6.45, 7) is 0.866. The van der Waals surface area contributed by atoms with Crippen LogP contribution in [0, 0.1) is 0 Å². The molecule has 0 bridgehead atoms. The van der Waals surface area contributed by atoms with Crippen molar-refractivity contribution in [2.24, 2.45) is 0 Å². The molecule has 3 aromatic rings. The molecule has 0 saturated heterocycles. The second kappa shape index (κ2) is 9.53. The van der Waals surface area contributed by atoms with E-state index in [0.717, 1.165) is 5.69 Å². The molecule has 0 aliphatic carbocycles. The molecule has 0 saturated carbocycles. The lowest BCUT2D eigenvalue weighted by Gasteiger charge is -2.23. The van der Waals surface area contributed by atoms with Crippen molar-refractivity contribution in [3.05, 3.63) is 61.4 Å². The molecule has 0 aliphatic rings. The van der Waals surface area contributed by atoms with E-state index in [0.29, 0.717) is 25.2 Å². The van der Waals surface area contributed by atoms with Gasteiger partial charge in [0.1, 0.15) is 0 Å². The molecular formula is C17H21N5O4S. The molecule has 0 fully saturated rings. The Hall–Kier alpha value is -3.14. The third kappa shape index (κ3) is 5.96. The largest absolute Gasteiger partial charge is 0.483 e. The molecule has 0 atom stereocenters. The first-order valence-corrected chi connectivity index (χ1v) is 9.92.